The van der Waals surface area contributed by atoms with E-state index in [4.69, 9.17) is 11.6 Å². The van der Waals surface area contributed by atoms with Gasteiger partial charge in [-0.05, 0) is 24.5 Å². The predicted molar refractivity (Wildman–Crippen MR) is 68.5 cm³/mol. The van der Waals surface area contributed by atoms with Gasteiger partial charge in [-0.25, -0.2) is 9.97 Å². The molecule has 0 bridgehead atoms. The topological polar surface area (TPSA) is 37.8 Å². The number of aromatic nitrogens is 2. The van der Waals surface area contributed by atoms with Gasteiger partial charge in [0, 0.05) is 23.0 Å². The van der Waals surface area contributed by atoms with Crippen molar-refractivity contribution in [3.05, 3.63) is 41.8 Å². The van der Waals surface area contributed by atoms with Gasteiger partial charge >= 0.3 is 0 Å². The molecule has 5 heteroatoms. The highest BCUT2D eigenvalue weighted by Crippen LogP contribution is 2.23. The number of hydrogen-bond donors (Lipinski definition) is 1. The van der Waals surface area contributed by atoms with Crippen LogP contribution in [0.3, 0.4) is 0 Å². The molecule has 0 aliphatic carbocycles. The van der Waals surface area contributed by atoms with E-state index in [9.17, 15) is 0 Å². The summed E-state index contributed by atoms with van der Waals surface area (Å²) in [5.41, 5.74) is 0.953. The van der Waals surface area contributed by atoms with Gasteiger partial charge in [0.05, 0.1) is 0 Å². The molecule has 1 N–H and O–H groups in total. The minimum Gasteiger partial charge on any atom is -0.338 e. The molecule has 0 atom stereocenters. The highest BCUT2D eigenvalue weighted by molar-refractivity contribution is 7.98. The Kier molecular flexibility index (Phi) is 3.64. The molecule has 1 heterocycles. The van der Waals surface area contributed by atoms with Crippen LogP contribution in [-0.4, -0.2) is 16.2 Å². The molecular weight excluding hydrogens is 242 g/mol. The smallest absolute Gasteiger partial charge is 0.171 e. The van der Waals surface area contributed by atoms with Crippen LogP contribution in [-0.2, 0) is 0 Å². The zero-order valence-corrected chi connectivity index (χ0v) is 10.2. The average molecular weight is 252 g/mol. The summed E-state index contributed by atoms with van der Waals surface area (Å²) in [7, 11) is 0. The molecule has 2 rings (SSSR count). The van der Waals surface area contributed by atoms with Gasteiger partial charge in [0.25, 0.3) is 0 Å². The fourth-order valence-corrected chi connectivity index (χ4v) is 1.85. The normalized spacial score (nSPS) is 10.1. The van der Waals surface area contributed by atoms with E-state index < -0.39 is 0 Å². The van der Waals surface area contributed by atoms with Gasteiger partial charge in [-0.3, -0.25) is 0 Å². The summed E-state index contributed by atoms with van der Waals surface area (Å²) in [5.74, 6) is 0.572. The first-order chi connectivity index (χ1) is 7.79. The average Bonchev–Trinajstić information content (AvgIpc) is 2.32. The number of rotatable bonds is 3. The van der Waals surface area contributed by atoms with Crippen molar-refractivity contribution in [2.45, 2.75) is 4.90 Å². The second kappa shape index (κ2) is 5.18. The molecule has 82 valence electrons. The van der Waals surface area contributed by atoms with Crippen LogP contribution in [0.15, 0.2) is 41.6 Å². The van der Waals surface area contributed by atoms with E-state index in [1.165, 1.54) is 4.90 Å². The standard InChI is InChI=1S/C11H10ClN3S/c1-16-9-4-2-3-8(7-9)15-11-10(12)13-5-6-14-11/h2-7H,1H3,(H,14,15). The van der Waals surface area contributed by atoms with Crippen LogP contribution in [0.2, 0.25) is 5.15 Å². The van der Waals surface area contributed by atoms with Crippen LogP contribution >= 0.6 is 23.4 Å². The van der Waals surface area contributed by atoms with Gasteiger partial charge < -0.3 is 5.32 Å². The lowest BCUT2D eigenvalue weighted by atomic mass is 10.3. The summed E-state index contributed by atoms with van der Waals surface area (Å²) in [4.78, 5) is 9.25. The van der Waals surface area contributed by atoms with Crippen LogP contribution in [0, 0.1) is 0 Å². The number of benzene rings is 1. The summed E-state index contributed by atoms with van der Waals surface area (Å²) in [6, 6.07) is 8.03. The van der Waals surface area contributed by atoms with Crippen molar-refractivity contribution in [2.75, 3.05) is 11.6 Å². The van der Waals surface area contributed by atoms with E-state index in [2.05, 4.69) is 15.3 Å². The van der Waals surface area contributed by atoms with Crippen molar-refractivity contribution in [1.29, 1.82) is 0 Å². The minimum atomic E-state index is 0.372. The number of thioether (sulfide) groups is 1. The minimum absolute atomic E-state index is 0.372. The van der Waals surface area contributed by atoms with Crippen molar-refractivity contribution in [3.8, 4) is 0 Å². The number of hydrogen-bond acceptors (Lipinski definition) is 4. The molecule has 0 aliphatic heterocycles. The number of anilines is 2. The second-order valence-electron chi connectivity index (χ2n) is 3.05. The Morgan fingerprint density at radius 1 is 1.25 bits per heavy atom. The van der Waals surface area contributed by atoms with Crippen molar-refractivity contribution in [1.82, 2.24) is 9.97 Å². The number of halogens is 1. The van der Waals surface area contributed by atoms with Crippen molar-refractivity contribution >= 4 is 34.9 Å². The molecule has 16 heavy (non-hydrogen) atoms. The molecule has 1 aromatic carbocycles. The third kappa shape index (κ3) is 2.65. The van der Waals surface area contributed by atoms with Gasteiger partial charge in [-0.1, -0.05) is 17.7 Å². The molecule has 0 saturated heterocycles. The zero-order chi connectivity index (χ0) is 11.4. The van der Waals surface area contributed by atoms with Crippen molar-refractivity contribution < 1.29 is 0 Å². The Morgan fingerprint density at radius 3 is 2.81 bits per heavy atom. The quantitative estimate of drug-likeness (QED) is 0.846. The SMILES string of the molecule is CSc1cccc(Nc2nccnc2Cl)c1. The van der Waals surface area contributed by atoms with E-state index >= 15 is 0 Å². The third-order valence-electron chi connectivity index (χ3n) is 1.99. The highest BCUT2D eigenvalue weighted by atomic mass is 35.5. The second-order valence-corrected chi connectivity index (χ2v) is 4.29. The maximum absolute atomic E-state index is 5.91. The number of nitrogens with zero attached hydrogens (tertiary/aromatic N) is 2. The van der Waals surface area contributed by atoms with Gasteiger partial charge in [-0.15, -0.1) is 11.8 Å². The van der Waals surface area contributed by atoms with Crippen LogP contribution in [0.5, 0.6) is 0 Å². The molecule has 3 nitrogen and oxygen atoms in total. The maximum atomic E-state index is 5.91. The Morgan fingerprint density at radius 2 is 2.06 bits per heavy atom. The summed E-state index contributed by atoms with van der Waals surface area (Å²) in [6.45, 7) is 0. The first-order valence-electron chi connectivity index (χ1n) is 4.67. The van der Waals surface area contributed by atoms with Gasteiger partial charge in [-0.2, -0.15) is 0 Å². The predicted octanol–water partition coefficient (Wildman–Crippen LogP) is 3.60. The fraction of sp³-hybridized carbons (Fsp3) is 0.0909. The molecule has 0 fully saturated rings. The fourth-order valence-electron chi connectivity index (χ4n) is 1.24. The molecule has 0 saturated carbocycles. The monoisotopic (exact) mass is 251 g/mol. The Bertz CT molecular complexity index is 490. The molecular formula is C11H10ClN3S. The molecule has 0 spiro atoms. The van der Waals surface area contributed by atoms with Crippen molar-refractivity contribution in [2.24, 2.45) is 0 Å². The molecule has 0 aliphatic rings. The molecule has 0 amide bonds. The molecule has 0 radical (unpaired) electrons. The Hall–Kier alpha value is -1.26. The molecule has 2 aromatic rings. The Labute approximate surface area is 103 Å². The Balaban J connectivity index is 2.24. The third-order valence-corrected chi connectivity index (χ3v) is 2.99. The number of nitrogens with one attached hydrogen (secondary N) is 1. The summed E-state index contributed by atoms with van der Waals surface area (Å²) in [6.07, 6.45) is 5.20. The zero-order valence-electron chi connectivity index (χ0n) is 8.64. The largest absolute Gasteiger partial charge is 0.338 e. The first kappa shape index (κ1) is 11.2. The van der Waals surface area contributed by atoms with Crippen LogP contribution in [0.25, 0.3) is 0 Å². The van der Waals surface area contributed by atoms with Gasteiger partial charge in [0.2, 0.25) is 0 Å². The lowest BCUT2D eigenvalue weighted by molar-refractivity contribution is 1.20. The summed E-state index contributed by atoms with van der Waals surface area (Å²) >= 11 is 7.60. The highest BCUT2D eigenvalue weighted by Gasteiger charge is 2.02. The molecule has 1 aromatic heterocycles. The van der Waals surface area contributed by atoms with E-state index in [0.717, 1.165) is 5.69 Å². The molecule has 0 unspecified atom stereocenters. The van der Waals surface area contributed by atoms with Gasteiger partial charge in [0.15, 0.2) is 11.0 Å². The van der Waals surface area contributed by atoms with E-state index in [-0.39, 0.29) is 0 Å². The van der Waals surface area contributed by atoms with Crippen LogP contribution in [0.1, 0.15) is 0 Å². The van der Waals surface area contributed by atoms with E-state index in [1.807, 2.05) is 30.5 Å². The van der Waals surface area contributed by atoms with Gasteiger partial charge in [0.1, 0.15) is 0 Å². The lowest BCUT2D eigenvalue weighted by Gasteiger charge is -2.07. The van der Waals surface area contributed by atoms with Crippen LogP contribution in [0.4, 0.5) is 11.5 Å². The van der Waals surface area contributed by atoms with E-state index in [0.29, 0.717) is 11.0 Å². The van der Waals surface area contributed by atoms with Crippen molar-refractivity contribution in [3.63, 3.8) is 0 Å². The van der Waals surface area contributed by atoms with E-state index in [1.54, 1.807) is 24.2 Å². The first-order valence-corrected chi connectivity index (χ1v) is 6.27. The summed E-state index contributed by atoms with van der Waals surface area (Å²) < 4.78 is 0. The lowest BCUT2D eigenvalue weighted by Crippen LogP contribution is -1.95. The summed E-state index contributed by atoms with van der Waals surface area (Å²) in [5, 5.41) is 3.50. The maximum Gasteiger partial charge on any atom is 0.171 e. The van der Waals surface area contributed by atoms with Crippen LogP contribution < -0.4 is 5.32 Å².